The van der Waals surface area contributed by atoms with Crippen LogP contribution in [0.5, 0.6) is 0 Å². The number of halogens is 1. The Bertz CT molecular complexity index is 677. The molecule has 0 fully saturated rings. The average molecular weight is 350 g/mol. The first-order valence-corrected chi connectivity index (χ1v) is 7.13. The van der Waals surface area contributed by atoms with Crippen LogP contribution in [-0.2, 0) is 0 Å². The molecule has 0 saturated carbocycles. The fraction of sp³-hybridized carbons (Fsp3) is 0.200. The molecule has 1 aromatic heterocycles. The summed E-state index contributed by atoms with van der Waals surface area (Å²) in [5, 5.41) is 3.92. The Labute approximate surface area is 131 Å². The standard InChI is InChI=1S/C15H16BrN3O2/c1-10-4-7-14(21-10)15(20)18-17-9-11-5-6-13(19(2)3)12(16)8-11/h4-9H,1-3H3,(H,18,20)/b17-9+. The van der Waals surface area contributed by atoms with E-state index in [1.165, 1.54) is 0 Å². The zero-order chi connectivity index (χ0) is 15.4. The third-order valence-electron chi connectivity index (χ3n) is 2.80. The van der Waals surface area contributed by atoms with Crippen LogP contribution in [0.2, 0.25) is 0 Å². The maximum atomic E-state index is 11.7. The van der Waals surface area contributed by atoms with Crippen LogP contribution in [0.1, 0.15) is 21.9 Å². The van der Waals surface area contributed by atoms with Gasteiger partial charge in [0.25, 0.3) is 0 Å². The number of hydrogen-bond acceptors (Lipinski definition) is 4. The van der Waals surface area contributed by atoms with E-state index in [0.29, 0.717) is 5.76 Å². The van der Waals surface area contributed by atoms with E-state index < -0.39 is 0 Å². The summed E-state index contributed by atoms with van der Waals surface area (Å²) in [5.74, 6) is 0.560. The Balaban J connectivity index is 2.01. The monoisotopic (exact) mass is 349 g/mol. The zero-order valence-electron chi connectivity index (χ0n) is 12.1. The van der Waals surface area contributed by atoms with Gasteiger partial charge in [0.05, 0.1) is 11.9 Å². The summed E-state index contributed by atoms with van der Waals surface area (Å²) < 4.78 is 6.17. The van der Waals surface area contributed by atoms with Crippen LogP contribution < -0.4 is 10.3 Å². The highest BCUT2D eigenvalue weighted by Gasteiger charge is 2.08. The zero-order valence-corrected chi connectivity index (χ0v) is 13.6. The summed E-state index contributed by atoms with van der Waals surface area (Å²) in [4.78, 5) is 13.7. The van der Waals surface area contributed by atoms with Gasteiger partial charge in [-0.25, -0.2) is 5.43 Å². The lowest BCUT2D eigenvalue weighted by atomic mass is 10.2. The van der Waals surface area contributed by atoms with Gasteiger partial charge in [-0.3, -0.25) is 4.79 Å². The molecular weight excluding hydrogens is 334 g/mol. The van der Waals surface area contributed by atoms with Crippen molar-refractivity contribution in [3.05, 3.63) is 51.9 Å². The molecule has 6 heteroatoms. The van der Waals surface area contributed by atoms with Crippen molar-refractivity contribution in [2.75, 3.05) is 19.0 Å². The summed E-state index contributed by atoms with van der Waals surface area (Å²) in [6.45, 7) is 1.78. The summed E-state index contributed by atoms with van der Waals surface area (Å²) in [6, 6.07) is 9.18. The van der Waals surface area contributed by atoms with Crippen LogP contribution in [0.25, 0.3) is 0 Å². The smallest absolute Gasteiger partial charge is 0.307 e. The molecule has 110 valence electrons. The van der Waals surface area contributed by atoms with E-state index in [1.54, 1.807) is 25.3 Å². The van der Waals surface area contributed by atoms with Gasteiger partial charge in [0.15, 0.2) is 5.76 Å². The number of carbonyl (C=O) groups is 1. The van der Waals surface area contributed by atoms with Crippen LogP contribution >= 0.6 is 15.9 Å². The molecule has 2 rings (SSSR count). The van der Waals surface area contributed by atoms with Gasteiger partial charge in [-0.2, -0.15) is 5.10 Å². The van der Waals surface area contributed by atoms with Gasteiger partial charge in [0.2, 0.25) is 0 Å². The molecule has 1 N–H and O–H groups in total. The number of furan rings is 1. The molecule has 0 aliphatic carbocycles. The predicted octanol–water partition coefficient (Wildman–Crippen LogP) is 3.18. The number of hydrazone groups is 1. The molecule has 1 heterocycles. The molecular formula is C15H16BrN3O2. The fourth-order valence-electron chi connectivity index (χ4n) is 1.74. The van der Waals surface area contributed by atoms with Crippen molar-refractivity contribution in [1.82, 2.24) is 5.43 Å². The second-order valence-corrected chi connectivity index (χ2v) is 5.57. The predicted molar refractivity (Wildman–Crippen MR) is 87.0 cm³/mol. The fourth-order valence-corrected chi connectivity index (χ4v) is 2.49. The molecule has 0 bridgehead atoms. The lowest BCUT2D eigenvalue weighted by Crippen LogP contribution is -2.16. The Kier molecular flexibility index (Phi) is 4.80. The van der Waals surface area contributed by atoms with Crippen LogP contribution in [0.15, 0.2) is 44.3 Å². The number of benzene rings is 1. The number of amides is 1. The molecule has 2 aromatic rings. The van der Waals surface area contributed by atoms with E-state index in [-0.39, 0.29) is 11.7 Å². The lowest BCUT2D eigenvalue weighted by molar-refractivity contribution is 0.0926. The van der Waals surface area contributed by atoms with Gasteiger partial charge in [-0.1, -0.05) is 6.07 Å². The van der Waals surface area contributed by atoms with E-state index in [0.717, 1.165) is 15.7 Å². The molecule has 0 aliphatic rings. The molecule has 21 heavy (non-hydrogen) atoms. The van der Waals surface area contributed by atoms with Crippen molar-refractivity contribution in [2.24, 2.45) is 5.10 Å². The van der Waals surface area contributed by atoms with Crippen LogP contribution in [-0.4, -0.2) is 26.2 Å². The minimum absolute atomic E-state index is 0.244. The molecule has 5 nitrogen and oxygen atoms in total. The van der Waals surface area contributed by atoms with Gasteiger partial charge in [0, 0.05) is 18.6 Å². The normalized spacial score (nSPS) is 10.9. The molecule has 0 aliphatic heterocycles. The molecule has 0 unspecified atom stereocenters. The van der Waals surface area contributed by atoms with Gasteiger partial charge >= 0.3 is 5.91 Å². The molecule has 1 aromatic carbocycles. The minimum Gasteiger partial charge on any atom is -0.456 e. The highest BCUT2D eigenvalue weighted by atomic mass is 79.9. The highest BCUT2D eigenvalue weighted by molar-refractivity contribution is 9.10. The Hall–Kier alpha value is -2.08. The van der Waals surface area contributed by atoms with Crippen molar-refractivity contribution in [3.8, 4) is 0 Å². The second-order valence-electron chi connectivity index (χ2n) is 4.71. The Morgan fingerprint density at radius 2 is 2.10 bits per heavy atom. The number of carbonyl (C=O) groups excluding carboxylic acids is 1. The number of hydrogen-bond donors (Lipinski definition) is 1. The Morgan fingerprint density at radius 1 is 1.33 bits per heavy atom. The third kappa shape index (κ3) is 3.95. The summed E-state index contributed by atoms with van der Waals surface area (Å²) in [5.41, 5.74) is 4.38. The summed E-state index contributed by atoms with van der Waals surface area (Å²) in [6.07, 6.45) is 1.58. The topological polar surface area (TPSA) is 57.8 Å². The van der Waals surface area contributed by atoms with E-state index in [9.17, 15) is 4.79 Å². The quantitative estimate of drug-likeness (QED) is 0.681. The maximum Gasteiger partial charge on any atom is 0.307 e. The van der Waals surface area contributed by atoms with Crippen molar-refractivity contribution < 1.29 is 9.21 Å². The van der Waals surface area contributed by atoms with Crippen LogP contribution in [0.4, 0.5) is 5.69 Å². The van der Waals surface area contributed by atoms with E-state index >= 15 is 0 Å². The van der Waals surface area contributed by atoms with Crippen molar-refractivity contribution >= 4 is 33.7 Å². The first-order chi connectivity index (χ1) is 9.97. The molecule has 0 radical (unpaired) electrons. The first kappa shape index (κ1) is 15.3. The molecule has 0 saturated heterocycles. The number of aryl methyl sites for hydroxylation is 1. The van der Waals surface area contributed by atoms with Gasteiger partial charge in [-0.05, 0) is 52.7 Å². The van der Waals surface area contributed by atoms with Gasteiger partial charge < -0.3 is 9.32 Å². The number of nitrogens with one attached hydrogen (secondary N) is 1. The first-order valence-electron chi connectivity index (χ1n) is 6.34. The highest BCUT2D eigenvalue weighted by Crippen LogP contribution is 2.25. The van der Waals surface area contributed by atoms with Crippen molar-refractivity contribution in [2.45, 2.75) is 6.92 Å². The SMILES string of the molecule is Cc1ccc(C(=O)N/N=C/c2ccc(N(C)C)c(Br)c2)o1. The third-order valence-corrected chi connectivity index (χ3v) is 3.43. The van der Waals surface area contributed by atoms with E-state index in [1.807, 2.05) is 37.2 Å². The Morgan fingerprint density at radius 3 is 2.67 bits per heavy atom. The van der Waals surface area contributed by atoms with Crippen LogP contribution in [0.3, 0.4) is 0 Å². The second kappa shape index (κ2) is 6.58. The number of anilines is 1. The maximum absolute atomic E-state index is 11.7. The summed E-state index contributed by atoms with van der Waals surface area (Å²) >= 11 is 3.50. The van der Waals surface area contributed by atoms with Gasteiger partial charge in [0.1, 0.15) is 5.76 Å². The van der Waals surface area contributed by atoms with Crippen molar-refractivity contribution in [1.29, 1.82) is 0 Å². The van der Waals surface area contributed by atoms with Crippen molar-refractivity contribution in [3.63, 3.8) is 0 Å². The van der Waals surface area contributed by atoms with E-state index in [2.05, 4.69) is 26.5 Å². The molecule has 1 amide bonds. The molecule has 0 atom stereocenters. The van der Waals surface area contributed by atoms with Crippen LogP contribution in [0, 0.1) is 6.92 Å². The largest absolute Gasteiger partial charge is 0.456 e. The lowest BCUT2D eigenvalue weighted by Gasteiger charge is -2.14. The average Bonchev–Trinajstić information content (AvgIpc) is 2.85. The van der Waals surface area contributed by atoms with Gasteiger partial charge in [-0.15, -0.1) is 0 Å². The number of nitrogens with zero attached hydrogens (tertiary/aromatic N) is 2. The number of rotatable bonds is 4. The molecule has 0 spiro atoms. The van der Waals surface area contributed by atoms with E-state index in [4.69, 9.17) is 4.42 Å². The summed E-state index contributed by atoms with van der Waals surface area (Å²) in [7, 11) is 3.94. The minimum atomic E-state index is -0.372.